The Morgan fingerprint density at radius 1 is 1.23 bits per heavy atom. The molecule has 1 amide bonds. The highest BCUT2D eigenvalue weighted by Crippen LogP contribution is 2.36. The zero-order valence-electron chi connectivity index (χ0n) is 17.8. The average Bonchev–Trinajstić information content (AvgIpc) is 2.64. The summed E-state index contributed by atoms with van der Waals surface area (Å²) >= 11 is 0. The Labute approximate surface area is 174 Å². The monoisotopic (exact) mass is 430 g/mol. The van der Waals surface area contributed by atoms with Crippen LogP contribution in [-0.4, -0.2) is 48.8 Å². The Kier molecular flexibility index (Phi) is 7.60. The zero-order valence-corrected chi connectivity index (χ0v) is 17.8. The molecule has 168 valence electrons. The van der Waals surface area contributed by atoms with Gasteiger partial charge < -0.3 is 19.7 Å². The number of hydrogen-bond acceptors (Lipinski definition) is 5. The van der Waals surface area contributed by atoms with E-state index in [1.54, 1.807) is 32.6 Å². The molecule has 2 rings (SSSR count). The number of rotatable bonds is 5. The van der Waals surface area contributed by atoms with E-state index >= 15 is 0 Å². The number of carbonyl (C=O) groups is 2. The summed E-state index contributed by atoms with van der Waals surface area (Å²) in [5.41, 5.74) is -1.60. The molecule has 0 unspecified atom stereocenters. The van der Waals surface area contributed by atoms with Crippen molar-refractivity contribution in [2.24, 2.45) is 5.92 Å². The van der Waals surface area contributed by atoms with Crippen LogP contribution < -0.4 is 5.32 Å². The number of carbonyl (C=O) groups excluding carboxylic acids is 2. The van der Waals surface area contributed by atoms with Gasteiger partial charge in [0.15, 0.2) is 0 Å². The summed E-state index contributed by atoms with van der Waals surface area (Å²) in [4.78, 5) is 25.8. The minimum absolute atomic E-state index is 0.0430. The lowest BCUT2D eigenvalue weighted by atomic mass is 9.98. The van der Waals surface area contributed by atoms with Crippen LogP contribution in [0.1, 0.15) is 56.5 Å². The number of hydrogen-bond donors (Lipinski definition) is 1. The van der Waals surface area contributed by atoms with Gasteiger partial charge in [-0.15, -0.1) is 0 Å². The maximum absolute atomic E-state index is 13.4. The summed E-state index contributed by atoms with van der Waals surface area (Å²) in [6, 6.07) is 3.15. The van der Waals surface area contributed by atoms with Gasteiger partial charge in [-0.3, -0.25) is 0 Å². The molecular weight excluding hydrogens is 401 g/mol. The molecule has 1 aliphatic heterocycles. The van der Waals surface area contributed by atoms with E-state index in [-0.39, 0.29) is 30.3 Å². The molecule has 1 aromatic carbocycles. The number of nitrogens with one attached hydrogen (secondary N) is 1. The van der Waals surface area contributed by atoms with Crippen molar-refractivity contribution >= 4 is 17.7 Å². The Morgan fingerprint density at radius 3 is 2.53 bits per heavy atom. The molecule has 0 saturated carbocycles. The Balaban J connectivity index is 2.10. The molecule has 1 aromatic rings. The number of piperidine rings is 1. The van der Waals surface area contributed by atoms with Crippen LogP contribution in [0.25, 0.3) is 0 Å². The lowest BCUT2D eigenvalue weighted by molar-refractivity contribution is -0.137. The Hall–Kier alpha value is -2.45. The zero-order chi connectivity index (χ0) is 22.5. The van der Waals surface area contributed by atoms with E-state index in [0.29, 0.717) is 13.1 Å². The second-order valence-electron chi connectivity index (χ2n) is 8.29. The van der Waals surface area contributed by atoms with Crippen LogP contribution in [0.3, 0.4) is 0 Å². The average molecular weight is 430 g/mol. The fourth-order valence-corrected chi connectivity index (χ4v) is 3.26. The summed E-state index contributed by atoms with van der Waals surface area (Å²) in [5.74, 6) is -0.721. The SMILES string of the molecule is CCOC(=O)c1ccc(C(F)(F)F)c(NC[C@H]2CCCN(C(=O)OC(C)(C)C)C2)c1. The van der Waals surface area contributed by atoms with E-state index in [2.05, 4.69) is 5.32 Å². The molecule has 1 heterocycles. The number of alkyl halides is 3. The van der Waals surface area contributed by atoms with E-state index in [1.165, 1.54) is 0 Å². The standard InChI is InChI=1S/C21H29F3N2O4/c1-5-29-18(27)15-8-9-16(21(22,23)24)17(11-15)25-12-14-7-6-10-26(13-14)19(28)30-20(2,3)4/h8-9,11,14,25H,5-7,10,12-13H2,1-4H3/t14-/m1/s1. The summed E-state index contributed by atoms with van der Waals surface area (Å²) < 4.78 is 50.4. The van der Waals surface area contributed by atoms with Crippen LogP contribution in [0, 0.1) is 5.92 Å². The summed E-state index contributed by atoms with van der Waals surface area (Å²) in [6.07, 6.45) is -3.48. The van der Waals surface area contributed by atoms with E-state index in [4.69, 9.17) is 9.47 Å². The molecule has 0 bridgehead atoms. The number of esters is 1. The first kappa shape index (κ1) is 23.8. The summed E-state index contributed by atoms with van der Waals surface area (Å²) in [6.45, 7) is 8.27. The topological polar surface area (TPSA) is 67.9 Å². The van der Waals surface area contributed by atoms with Gasteiger partial charge in [-0.05, 0) is 64.7 Å². The maximum Gasteiger partial charge on any atom is 0.418 e. The predicted molar refractivity (Wildman–Crippen MR) is 106 cm³/mol. The first-order chi connectivity index (χ1) is 13.9. The molecule has 30 heavy (non-hydrogen) atoms. The van der Waals surface area contributed by atoms with Crippen LogP contribution in [0.5, 0.6) is 0 Å². The van der Waals surface area contributed by atoms with Gasteiger partial charge in [0.1, 0.15) is 5.60 Å². The van der Waals surface area contributed by atoms with Crippen molar-refractivity contribution in [3.05, 3.63) is 29.3 Å². The number of anilines is 1. The predicted octanol–water partition coefficient (Wildman–Crippen LogP) is 4.94. The van der Waals surface area contributed by atoms with Gasteiger partial charge in [-0.2, -0.15) is 13.2 Å². The van der Waals surface area contributed by atoms with Gasteiger partial charge in [0.25, 0.3) is 0 Å². The van der Waals surface area contributed by atoms with Crippen molar-refractivity contribution in [2.75, 3.05) is 31.6 Å². The summed E-state index contributed by atoms with van der Waals surface area (Å²) in [5, 5.41) is 2.83. The van der Waals surface area contributed by atoms with Crippen molar-refractivity contribution in [2.45, 2.75) is 52.3 Å². The van der Waals surface area contributed by atoms with E-state index < -0.39 is 29.4 Å². The smallest absolute Gasteiger partial charge is 0.418 e. The number of likely N-dealkylation sites (tertiary alicyclic amines) is 1. The molecular formula is C21H29F3N2O4. The molecule has 0 aliphatic carbocycles. The fraction of sp³-hybridized carbons (Fsp3) is 0.619. The molecule has 6 nitrogen and oxygen atoms in total. The van der Waals surface area contributed by atoms with Gasteiger partial charge in [-0.1, -0.05) is 0 Å². The molecule has 0 radical (unpaired) electrons. The van der Waals surface area contributed by atoms with Gasteiger partial charge in [-0.25, -0.2) is 9.59 Å². The highest BCUT2D eigenvalue weighted by molar-refractivity contribution is 5.91. The van der Waals surface area contributed by atoms with Gasteiger partial charge in [0.2, 0.25) is 0 Å². The molecule has 1 atom stereocenters. The Morgan fingerprint density at radius 2 is 1.93 bits per heavy atom. The fourth-order valence-electron chi connectivity index (χ4n) is 3.26. The number of ether oxygens (including phenoxy) is 2. The van der Waals surface area contributed by atoms with E-state index in [0.717, 1.165) is 31.0 Å². The maximum atomic E-state index is 13.4. The first-order valence-corrected chi connectivity index (χ1v) is 10.0. The van der Waals surface area contributed by atoms with Crippen molar-refractivity contribution < 1.29 is 32.2 Å². The molecule has 9 heteroatoms. The molecule has 1 saturated heterocycles. The van der Waals surface area contributed by atoms with E-state index in [9.17, 15) is 22.8 Å². The molecule has 0 spiro atoms. The third-order valence-corrected chi connectivity index (χ3v) is 4.59. The third-order valence-electron chi connectivity index (χ3n) is 4.59. The lowest BCUT2D eigenvalue weighted by Crippen LogP contribution is -2.44. The van der Waals surface area contributed by atoms with Gasteiger partial charge >= 0.3 is 18.2 Å². The minimum Gasteiger partial charge on any atom is -0.462 e. The molecule has 1 aliphatic rings. The first-order valence-electron chi connectivity index (χ1n) is 10.0. The number of nitrogens with zero attached hydrogens (tertiary/aromatic N) is 1. The van der Waals surface area contributed by atoms with Crippen molar-refractivity contribution in [1.82, 2.24) is 4.90 Å². The Bertz CT molecular complexity index is 760. The largest absolute Gasteiger partial charge is 0.462 e. The normalized spacial score (nSPS) is 17.4. The highest BCUT2D eigenvalue weighted by Gasteiger charge is 2.34. The van der Waals surface area contributed by atoms with Gasteiger partial charge in [0.05, 0.1) is 17.7 Å². The second-order valence-corrected chi connectivity index (χ2v) is 8.29. The van der Waals surface area contributed by atoms with Crippen molar-refractivity contribution in [1.29, 1.82) is 0 Å². The number of halogens is 3. The minimum atomic E-state index is -4.56. The van der Waals surface area contributed by atoms with Crippen LogP contribution in [0.15, 0.2) is 18.2 Å². The molecule has 0 aromatic heterocycles. The number of benzene rings is 1. The molecule has 1 N–H and O–H groups in total. The van der Waals surface area contributed by atoms with E-state index in [1.807, 2.05) is 0 Å². The van der Waals surface area contributed by atoms with Crippen molar-refractivity contribution in [3.63, 3.8) is 0 Å². The quantitative estimate of drug-likeness (QED) is 0.670. The van der Waals surface area contributed by atoms with Crippen LogP contribution in [-0.2, 0) is 15.7 Å². The molecule has 1 fully saturated rings. The van der Waals surface area contributed by atoms with Gasteiger partial charge in [0, 0.05) is 25.3 Å². The third kappa shape index (κ3) is 6.81. The highest BCUT2D eigenvalue weighted by atomic mass is 19.4. The van der Waals surface area contributed by atoms with Crippen LogP contribution in [0.2, 0.25) is 0 Å². The lowest BCUT2D eigenvalue weighted by Gasteiger charge is -2.34. The van der Waals surface area contributed by atoms with Crippen molar-refractivity contribution in [3.8, 4) is 0 Å². The number of amides is 1. The second kappa shape index (κ2) is 9.57. The van der Waals surface area contributed by atoms with Crippen LogP contribution >= 0.6 is 0 Å². The van der Waals surface area contributed by atoms with Crippen LogP contribution in [0.4, 0.5) is 23.7 Å². The summed E-state index contributed by atoms with van der Waals surface area (Å²) in [7, 11) is 0.